The van der Waals surface area contributed by atoms with Crippen molar-refractivity contribution < 1.29 is 4.79 Å². The van der Waals surface area contributed by atoms with Crippen LogP contribution in [0.4, 0.5) is 0 Å². The Morgan fingerprint density at radius 2 is 2.41 bits per heavy atom. The van der Waals surface area contributed by atoms with Crippen molar-refractivity contribution in [2.24, 2.45) is 10.9 Å². The van der Waals surface area contributed by atoms with Gasteiger partial charge in [-0.25, -0.2) is 0 Å². The van der Waals surface area contributed by atoms with E-state index < -0.39 is 0 Å². The van der Waals surface area contributed by atoms with E-state index in [1.54, 1.807) is 11.8 Å². The van der Waals surface area contributed by atoms with Crippen LogP contribution in [0.15, 0.2) is 4.99 Å². The van der Waals surface area contributed by atoms with Crippen LogP contribution in [0.25, 0.3) is 0 Å². The molecule has 0 radical (unpaired) electrons. The number of amidine groups is 1. The van der Waals surface area contributed by atoms with Crippen molar-refractivity contribution in [3.63, 3.8) is 0 Å². The lowest BCUT2D eigenvalue weighted by Crippen LogP contribution is -2.35. The summed E-state index contributed by atoms with van der Waals surface area (Å²) in [7, 11) is 0. The molecule has 98 valence electrons. The standard InChI is InChI=1S/C12H23N3OS/c1-9(2)8-14-11(16)4-6-13-12-15-10(3)5-7-17-12/h9-10H,4-8H2,1-3H3,(H,13,15)(H,14,16). The first kappa shape index (κ1) is 14.4. The first-order valence-electron chi connectivity index (χ1n) is 6.28. The summed E-state index contributed by atoms with van der Waals surface area (Å²) >= 11 is 1.74. The third-order valence-corrected chi connectivity index (χ3v) is 3.42. The van der Waals surface area contributed by atoms with Gasteiger partial charge in [-0.3, -0.25) is 9.79 Å². The fraction of sp³-hybridized carbons (Fsp3) is 0.833. The van der Waals surface area contributed by atoms with E-state index in [-0.39, 0.29) is 5.91 Å². The minimum Gasteiger partial charge on any atom is -0.362 e. The predicted molar refractivity (Wildman–Crippen MR) is 74.4 cm³/mol. The van der Waals surface area contributed by atoms with Crippen LogP contribution in [0, 0.1) is 5.92 Å². The van der Waals surface area contributed by atoms with Crippen molar-refractivity contribution in [2.45, 2.75) is 39.7 Å². The molecule has 1 aliphatic rings. The Bertz CT molecular complexity index is 279. The lowest BCUT2D eigenvalue weighted by atomic mass is 10.2. The number of nitrogens with one attached hydrogen (secondary N) is 2. The fourth-order valence-corrected chi connectivity index (χ4v) is 2.55. The number of aliphatic imine (C=N–C) groups is 1. The largest absolute Gasteiger partial charge is 0.362 e. The van der Waals surface area contributed by atoms with E-state index in [0.29, 0.717) is 24.9 Å². The van der Waals surface area contributed by atoms with Crippen LogP contribution in [0.3, 0.4) is 0 Å². The van der Waals surface area contributed by atoms with Crippen LogP contribution in [0.5, 0.6) is 0 Å². The molecule has 4 nitrogen and oxygen atoms in total. The number of rotatable bonds is 5. The van der Waals surface area contributed by atoms with E-state index in [4.69, 9.17) is 0 Å². The van der Waals surface area contributed by atoms with Gasteiger partial charge in [-0.2, -0.15) is 0 Å². The molecule has 0 spiro atoms. The summed E-state index contributed by atoms with van der Waals surface area (Å²) in [6.45, 7) is 7.66. The number of hydrogen-bond donors (Lipinski definition) is 2. The molecule has 1 saturated heterocycles. The maximum absolute atomic E-state index is 11.4. The monoisotopic (exact) mass is 257 g/mol. The van der Waals surface area contributed by atoms with Crippen LogP contribution >= 0.6 is 11.8 Å². The Labute approximate surface area is 108 Å². The highest BCUT2D eigenvalue weighted by atomic mass is 32.2. The van der Waals surface area contributed by atoms with Crippen molar-refractivity contribution >= 4 is 22.8 Å². The van der Waals surface area contributed by atoms with Gasteiger partial charge in [0.2, 0.25) is 5.91 Å². The van der Waals surface area contributed by atoms with Gasteiger partial charge >= 0.3 is 0 Å². The van der Waals surface area contributed by atoms with E-state index in [1.165, 1.54) is 6.42 Å². The van der Waals surface area contributed by atoms with Gasteiger partial charge in [-0.05, 0) is 19.3 Å². The number of carbonyl (C=O) groups excluding carboxylic acids is 1. The van der Waals surface area contributed by atoms with Crippen molar-refractivity contribution in [1.82, 2.24) is 10.6 Å². The van der Waals surface area contributed by atoms with Gasteiger partial charge in [0.25, 0.3) is 0 Å². The topological polar surface area (TPSA) is 53.5 Å². The lowest BCUT2D eigenvalue weighted by molar-refractivity contribution is -0.121. The number of nitrogens with zero attached hydrogens (tertiary/aromatic N) is 1. The Morgan fingerprint density at radius 1 is 1.65 bits per heavy atom. The number of hydrogen-bond acceptors (Lipinski definition) is 3. The lowest BCUT2D eigenvalue weighted by Gasteiger charge is -2.21. The van der Waals surface area contributed by atoms with Crippen LogP contribution < -0.4 is 10.6 Å². The predicted octanol–water partition coefficient (Wildman–Crippen LogP) is 1.62. The molecule has 1 rings (SSSR count). The number of thioether (sulfide) groups is 1. The summed E-state index contributed by atoms with van der Waals surface area (Å²) in [5.74, 6) is 1.71. The van der Waals surface area contributed by atoms with E-state index in [9.17, 15) is 4.79 Å². The van der Waals surface area contributed by atoms with Gasteiger partial charge in [0, 0.05) is 24.8 Å². The second-order valence-corrected chi connectivity index (χ2v) is 5.90. The Hall–Kier alpha value is -0.710. The van der Waals surface area contributed by atoms with E-state index in [2.05, 4.69) is 36.4 Å². The summed E-state index contributed by atoms with van der Waals surface area (Å²) in [5.41, 5.74) is 0. The van der Waals surface area contributed by atoms with Crippen molar-refractivity contribution in [1.29, 1.82) is 0 Å². The summed E-state index contributed by atoms with van der Waals surface area (Å²) in [4.78, 5) is 15.9. The Morgan fingerprint density at radius 3 is 3.06 bits per heavy atom. The molecule has 0 bridgehead atoms. The molecule has 0 aromatic rings. The van der Waals surface area contributed by atoms with Gasteiger partial charge in [-0.15, -0.1) is 0 Å². The molecular weight excluding hydrogens is 234 g/mol. The molecule has 1 unspecified atom stereocenters. The highest BCUT2D eigenvalue weighted by molar-refractivity contribution is 8.13. The van der Waals surface area contributed by atoms with Crippen LogP contribution in [0.2, 0.25) is 0 Å². The molecule has 1 fully saturated rings. The molecule has 5 heteroatoms. The maximum atomic E-state index is 11.4. The molecule has 0 aromatic heterocycles. The average Bonchev–Trinajstić information content (AvgIpc) is 2.26. The number of amides is 1. The van der Waals surface area contributed by atoms with Gasteiger partial charge < -0.3 is 10.6 Å². The molecule has 0 aliphatic carbocycles. The molecule has 1 aliphatic heterocycles. The van der Waals surface area contributed by atoms with Crippen molar-refractivity contribution in [2.75, 3.05) is 18.8 Å². The molecule has 1 heterocycles. The fourth-order valence-electron chi connectivity index (χ4n) is 1.41. The normalized spacial score (nSPS) is 22.6. The molecule has 0 saturated carbocycles. The van der Waals surface area contributed by atoms with Gasteiger partial charge in [0.1, 0.15) is 0 Å². The third kappa shape index (κ3) is 6.56. The van der Waals surface area contributed by atoms with Crippen LogP contribution in [0.1, 0.15) is 33.6 Å². The van der Waals surface area contributed by atoms with Gasteiger partial charge in [0.15, 0.2) is 5.17 Å². The highest BCUT2D eigenvalue weighted by Crippen LogP contribution is 2.13. The highest BCUT2D eigenvalue weighted by Gasteiger charge is 2.12. The van der Waals surface area contributed by atoms with Gasteiger partial charge in [0.05, 0.1) is 6.54 Å². The van der Waals surface area contributed by atoms with E-state index in [0.717, 1.165) is 17.5 Å². The molecule has 2 N–H and O–H groups in total. The summed E-state index contributed by atoms with van der Waals surface area (Å²) < 4.78 is 0. The second-order valence-electron chi connectivity index (χ2n) is 4.82. The molecule has 17 heavy (non-hydrogen) atoms. The first-order valence-corrected chi connectivity index (χ1v) is 7.27. The van der Waals surface area contributed by atoms with Crippen LogP contribution in [-0.2, 0) is 4.79 Å². The molecule has 1 atom stereocenters. The smallest absolute Gasteiger partial charge is 0.221 e. The van der Waals surface area contributed by atoms with E-state index in [1.807, 2.05) is 0 Å². The van der Waals surface area contributed by atoms with Crippen molar-refractivity contribution in [3.05, 3.63) is 0 Å². The molecule has 0 aromatic carbocycles. The Balaban J connectivity index is 2.17. The number of carbonyl (C=O) groups is 1. The van der Waals surface area contributed by atoms with Crippen LogP contribution in [-0.4, -0.2) is 36.0 Å². The molecule has 1 amide bonds. The first-order chi connectivity index (χ1) is 8.08. The van der Waals surface area contributed by atoms with Crippen molar-refractivity contribution in [3.8, 4) is 0 Å². The summed E-state index contributed by atoms with van der Waals surface area (Å²) in [6.07, 6.45) is 1.66. The minimum absolute atomic E-state index is 0.0944. The second kappa shape index (κ2) is 7.58. The Kier molecular flexibility index (Phi) is 6.40. The third-order valence-electron chi connectivity index (χ3n) is 2.46. The van der Waals surface area contributed by atoms with Gasteiger partial charge in [-0.1, -0.05) is 25.6 Å². The summed E-state index contributed by atoms with van der Waals surface area (Å²) in [6, 6.07) is 0.504. The zero-order chi connectivity index (χ0) is 12.7. The zero-order valence-electron chi connectivity index (χ0n) is 11.0. The average molecular weight is 257 g/mol. The SMILES string of the molecule is CC(C)CNC(=O)CCN=C1NC(C)CCS1. The molecular formula is C12H23N3OS. The van der Waals surface area contributed by atoms with E-state index >= 15 is 0 Å². The minimum atomic E-state index is 0.0944. The quantitative estimate of drug-likeness (QED) is 0.787. The zero-order valence-corrected chi connectivity index (χ0v) is 11.8. The summed E-state index contributed by atoms with van der Waals surface area (Å²) in [5, 5.41) is 7.20. The maximum Gasteiger partial charge on any atom is 0.221 e.